The van der Waals surface area contributed by atoms with Crippen molar-refractivity contribution >= 4 is 29.1 Å². The first-order valence-corrected chi connectivity index (χ1v) is 10.7. The van der Waals surface area contributed by atoms with Gasteiger partial charge in [-0.25, -0.2) is 4.90 Å². The summed E-state index contributed by atoms with van der Waals surface area (Å²) < 4.78 is 0. The minimum Gasteiger partial charge on any atom is -0.324 e. The molecule has 0 bridgehead atoms. The molecule has 0 aliphatic carbocycles. The fourth-order valence-electron chi connectivity index (χ4n) is 6.30. The van der Waals surface area contributed by atoms with Crippen LogP contribution in [0, 0.1) is 11.8 Å². The van der Waals surface area contributed by atoms with Gasteiger partial charge >= 0.3 is 0 Å². The summed E-state index contributed by atoms with van der Waals surface area (Å²) in [6, 6.07) is 15.0. The van der Waals surface area contributed by atoms with Crippen molar-refractivity contribution in [2.75, 3.05) is 16.8 Å². The lowest BCUT2D eigenvalue weighted by atomic mass is 9.75. The predicted molar refractivity (Wildman–Crippen MR) is 112 cm³/mol. The summed E-state index contributed by atoms with van der Waals surface area (Å²) >= 11 is 0. The molecule has 3 amide bonds. The number of fused-ring (bicyclic) bond motifs is 7. The van der Waals surface area contributed by atoms with E-state index < -0.39 is 17.4 Å². The van der Waals surface area contributed by atoms with E-state index in [1.807, 2.05) is 30.3 Å². The summed E-state index contributed by atoms with van der Waals surface area (Å²) in [5.41, 5.74) is 2.25. The third kappa shape index (κ3) is 1.95. The van der Waals surface area contributed by atoms with Gasteiger partial charge in [0.15, 0.2) is 0 Å². The van der Waals surface area contributed by atoms with Crippen LogP contribution in [0.2, 0.25) is 0 Å². The van der Waals surface area contributed by atoms with Gasteiger partial charge in [0.2, 0.25) is 17.7 Å². The van der Waals surface area contributed by atoms with Crippen LogP contribution in [0.4, 0.5) is 11.4 Å². The van der Waals surface area contributed by atoms with Gasteiger partial charge in [-0.2, -0.15) is 0 Å². The standard InChI is InChI=1S/C24H23N3O3/c1-2-14-10-11-17-16(13-14)24(23(30)25-17)20-19(18-9-6-12-26(18)24)21(28)27(22(20)29)15-7-4-3-5-8-15/h3-5,7-8,10-11,13,18-20H,2,6,9,12H2,1H3,(H,25,30)/t18-,19-,20+,24-/m1/s1. The molecule has 152 valence electrons. The van der Waals surface area contributed by atoms with Crippen LogP contribution in [0.15, 0.2) is 48.5 Å². The van der Waals surface area contributed by atoms with E-state index in [2.05, 4.69) is 23.2 Å². The van der Waals surface area contributed by atoms with Gasteiger partial charge in [-0.3, -0.25) is 19.3 Å². The first-order valence-electron chi connectivity index (χ1n) is 10.7. The van der Waals surface area contributed by atoms with Crippen molar-refractivity contribution in [2.45, 2.75) is 37.8 Å². The van der Waals surface area contributed by atoms with Crippen LogP contribution in [0.1, 0.15) is 30.9 Å². The van der Waals surface area contributed by atoms with Crippen molar-refractivity contribution in [1.29, 1.82) is 0 Å². The van der Waals surface area contributed by atoms with Gasteiger partial charge in [-0.1, -0.05) is 37.3 Å². The number of aryl methyl sites for hydroxylation is 1. The smallest absolute Gasteiger partial charge is 0.250 e. The number of imide groups is 1. The molecule has 1 N–H and O–H groups in total. The lowest BCUT2D eigenvalue weighted by Gasteiger charge is -2.36. The van der Waals surface area contributed by atoms with Crippen molar-refractivity contribution in [3.05, 3.63) is 59.7 Å². The van der Waals surface area contributed by atoms with Crippen LogP contribution < -0.4 is 10.2 Å². The highest BCUT2D eigenvalue weighted by Gasteiger charge is 2.74. The minimum absolute atomic E-state index is 0.0813. The molecule has 0 unspecified atom stereocenters. The Hall–Kier alpha value is -2.99. The number of para-hydroxylation sites is 1. The Morgan fingerprint density at radius 3 is 2.63 bits per heavy atom. The minimum atomic E-state index is -1.09. The first kappa shape index (κ1) is 17.8. The van der Waals surface area contributed by atoms with Gasteiger partial charge < -0.3 is 5.32 Å². The molecular formula is C24H23N3O3. The molecule has 30 heavy (non-hydrogen) atoms. The number of amides is 3. The van der Waals surface area contributed by atoms with Gasteiger partial charge in [-0.05, 0) is 49.6 Å². The number of nitrogens with zero attached hydrogens (tertiary/aromatic N) is 2. The molecule has 1 spiro atoms. The molecule has 4 heterocycles. The Morgan fingerprint density at radius 2 is 1.87 bits per heavy atom. The summed E-state index contributed by atoms with van der Waals surface area (Å²) in [5, 5.41) is 3.03. The highest BCUT2D eigenvalue weighted by Crippen LogP contribution is 2.60. The van der Waals surface area contributed by atoms with Crippen molar-refractivity contribution in [1.82, 2.24) is 4.90 Å². The SMILES string of the molecule is CCc1ccc2c(c1)[C@]1(C(=O)N2)[C@@H]2C(=O)N(c3ccccc3)C(=O)[C@@H]2[C@H]2CCCN21. The van der Waals surface area contributed by atoms with Crippen LogP contribution in [-0.4, -0.2) is 35.2 Å². The van der Waals surface area contributed by atoms with Crippen molar-refractivity contribution < 1.29 is 14.4 Å². The summed E-state index contributed by atoms with van der Waals surface area (Å²) in [7, 11) is 0. The number of carbonyl (C=O) groups is 3. The second-order valence-electron chi connectivity index (χ2n) is 8.71. The van der Waals surface area contributed by atoms with Crippen LogP contribution >= 0.6 is 0 Å². The molecule has 6 heteroatoms. The van der Waals surface area contributed by atoms with E-state index in [1.54, 1.807) is 12.1 Å². The molecule has 4 atom stereocenters. The Morgan fingerprint density at radius 1 is 1.07 bits per heavy atom. The van der Waals surface area contributed by atoms with Gasteiger partial charge in [0.05, 0.1) is 17.5 Å². The van der Waals surface area contributed by atoms with E-state index in [1.165, 1.54) is 4.90 Å². The second-order valence-corrected chi connectivity index (χ2v) is 8.71. The zero-order valence-corrected chi connectivity index (χ0v) is 16.8. The molecule has 3 fully saturated rings. The maximum atomic E-state index is 13.8. The molecule has 3 saturated heterocycles. The molecule has 6 nitrogen and oxygen atoms in total. The van der Waals surface area contributed by atoms with Gasteiger partial charge in [-0.15, -0.1) is 0 Å². The lowest BCUT2D eigenvalue weighted by Crippen LogP contribution is -2.54. The number of carbonyl (C=O) groups excluding carboxylic acids is 3. The molecule has 0 radical (unpaired) electrons. The molecule has 2 aromatic rings. The predicted octanol–water partition coefficient (Wildman–Crippen LogP) is 2.68. The van der Waals surface area contributed by atoms with E-state index in [0.29, 0.717) is 5.69 Å². The number of nitrogens with one attached hydrogen (secondary N) is 1. The lowest BCUT2D eigenvalue weighted by molar-refractivity contribution is -0.135. The molecule has 6 rings (SSSR count). The summed E-state index contributed by atoms with van der Waals surface area (Å²) in [6.45, 7) is 2.81. The largest absolute Gasteiger partial charge is 0.324 e. The highest BCUT2D eigenvalue weighted by molar-refractivity contribution is 6.25. The molecule has 4 aliphatic heterocycles. The fourth-order valence-corrected chi connectivity index (χ4v) is 6.30. The third-order valence-corrected chi connectivity index (χ3v) is 7.48. The van der Waals surface area contributed by atoms with E-state index in [-0.39, 0.29) is 23.8 Å². The normalized spacial score (nSPS) is 32.0. The van der Waals surface area contributed by atoms with Crippen molar-refractivity contribution in [3.63, 3.8) is 0 Å². The molecule has 0 aromatic heterocycles. The first-order chi connectivity index (χ1) is 14.6. The van der Waals surface area contributed by atoms with Crippen molar-refractivity contribution in [2.24, 2.45) is 11.8 Å². The highest BCUT2D eigenvalue weighted by atomic mass is 16.2. The third-order valence-electron chi connectivity index (χ3n) is 7.48. The second kappa shape index (κ2) is 6.01. The molecule has 0 saturated carbocycles. The van der Waals surface area contributed by atoms with Crippen LogP contribution in [0.25, 0.3) is 0 Å². The van der Waals surface area contributed by atoms with Crippen LogP contribution in [-0.2, 0) is 26.3 Å². The van der Waals surface area contributed by atoms with Gasteiger partial charge in [0.25, 0.3) is 0 Å². The number of benzene rings is 2. The van der Waals surface area contributed by atoms with Crippen molar-refractivity contribution in [3.8, 4) is 0 Å². The monoisotopic (exact) mass is 401 g/mol. The summed E-state index contributed by atoms with van der Waals surface area (Å²) in [6.07, 6.45) is 2.61. The quantitative estimate of drug-likeness (QED) is 0.786. The van der Waals surface area contributed by atoms with Gasteiger partial charge in [0, 0.05) is 17.3 Å². The Bertz CT molecular complexity index is 1100. The Kier molecular flexibility index (Phi) is 3.58. The average Bonchev–Trinajstić information content (AvgIpc) is 3.46. The topological polar surface area (TPSA) is 69.7 Å². The van der Waals surface area contributed by atoms with E-state index in [0.717, 1.165) is 42.6 Å². The van der Waals surface area contributed by atoms with E-state index in [4.69, 9.17) is 0 Å². The summed E-state index contributed by atoms with van der Waals surface area (Å²) in [5.74, 6) is -1.76. The maximum Gasteiger partial charge on any atom is 0.250 e. The number of anilines is 2. The Labute approximate surface area is 174 Å². The zero-order chi connectivity index (χ0) is 20.6. The number of hydrogen-bond donors (Lipinski definition) is 1. The van der Waals surface area contributed by atoms with Crippen LogP contribution in [0.3, 0.4) is 0 Å². The molecule has 4 aliphatic rings. The molecule has 2 aromatic carbocycles. The van der Waals surface area contributed by atoms with E-state index in [9.17, 15) is 14.4 Å². The maximum absolute atomic E-state index is 13.8. The Balaban J connectivity index is 1.57. The zero-order valence-electron chi connectivity index (χ0n) is 16.8. The molecular weight excluding hydrogens is 378 g/mol. The number of rotatable bonds is 2. The average molecular weight is 401 g/mol. The summed E-state index contributed by atoms with van der Waals surface area (Å²) in [4.78, 5) is 44.5. The number of hydrogen-bond acceptors (Lipinski definition) is 4. The fraction of sp³-hybridized carbons (Fsp3) is 0.375. The van der Waals surface area contributed by atoms with Crippen LogP contribution in [0.5, 0.6) is 0 Å². The van der Waals surface area contributed by atoms with Gasteiger partial charge in [0.1, 0.15) is 5.54 Å². The van der Waals surface area contributed by atoms with E-state index >= 15 is 0 Å².